The fourth-order valence-electron chi connectivity index (χ4n) is 6.91. The molecule has 40 heavy (non-hydrogen) atoms. The van der Waals surface area contributed by atoms with Crippen LogP contribution in [-0.4, -0.2) is 67.9 Å². The summed E-state index contributed by atoms with van der Waals surface area (Å²) in [4.78, 5) is 5.09. The summed E-state index contributed by atoms with van der Waals surface area (Å²) in [7, 11) is 3.90. The van der Waals surface area contributed by atoms with Gasteiger partial charge >= 0.3 is 0 Å². The zero-order valence-electron chi connectivity index (χ0n) is 25.7. The van der Waals surface area contributed by atoms with E-state index in [4.69, 9.17) is 4.74 Å². The van der Waals surface area contributed by atoms with Gasteiger partial charge in [0.05, 0.1) is 13.2 Å². The molecule has 222 valence electrons. The lowest BCUT2D eigenvalue weighted by Gasteiger charge is -2.42. The van der Waals surface area contributed by atoms with Crippen LogP contribution in [0.25, 0.3) is 0 Å². The molecule has 0 amide bonds. The first-order valence-electron chi connectivity index (χ1n) is 15.4. The Morgan fingerprint density at radius 1 is 1.30 bits per heavy atom. The van der Waals surface area contributed by atoms with Gasteiger partial charge in [-0.05, 0) is 106 Å². The maximum Gasteiger partial charge on any atom is 0.123 e. The van der Waals surface area contributed by atoms with Crippen molar-refractivity contribution >= 4 is 0 Å². The molecule has 0 radical (unpaired) electrons. The van der Waals surface area contributed by atoms with E-state index in [1.807, 2.05) is 24.3 Å². The van der Waals surface area contributed by atoms with Crippen LogP contribution >= 0.6 is 0 Å². The van der Waals surface area contributed by atoms with E-state index in [1.54, 1.807) is 19.2 Å². The molecule has 0 saturated carbocycles. The third-order valence-corrected chi connectivity index (χ3v) is 9.08. The average molecular weight is 553 g/mol. The minimum Gasteiger partial charge on any atom is -0.497 e. The number of ether oxygens (including phenoxy) is 1. The second kappa shape index (κ2) is 15.7. The first-order valence-corrected chi connectivity index (χ1v) is 15.4. The second-order valence-electron chi connectivity index (χ2n) is 12.1. The number of benzene rings is 1. The van der Waals surface area contributed by atoms with E-state index in [2.05, 4.69) is 56.3 Å². The molecule has 4 nitrogen and oxygen atoms in total. The van der Waals surface area contributed by atoms with Crippen LogP contribution in [-0.2, 0) is 11.2 Å². The summed E-state index contributed by atoms with van der Waals surface area (Å²) in [6.07, 6.45) is 15.5. The summed E-state index contributed by atoms with van der Waals surface area (Å²) in [6, 6.07) is 7.01. The van der Waals surface area contributed by atoms with Gasteiger partial charge in [0.1, 0.15) is 11.6 Å². The van der Waals surface area contributed by atoms with E-state index >= 15 is 0 Å². The molecule has 0 fully saturated rings. The van der Waals surface area contributed by atoms with Crippen LogP contribution in [0.15, 0.2) is 72.1 Å². The zero-order valence-corrected chi connectivity index (χ0v) is 25.7. The Kier molecular flexibility index (Phi) is 12.7. The van der Waals surface area contributed by atoms with Crippen molar-refractivity contribution in [2.75, 3.05) is 46.9 Å². The predicted molar refractivity (Wildman–Crippen MR) is 166 cm³/mol. The van der Waals surface area contributed by atoms with E-state index in [0.29, 0.717) is 17.6 Å². The fourth-order valence-corrected chi connectivity index (χ4v) is 6.91. The van der Waals surface area contributed by atoms with Gasteiger partial charge in [0.15, 0.2) is 0 Å². The monoisotopic (exact) mass is 552 g/mol. The summed E-state index contributed by atoms with van der Waals surface area (Å²) in [5, 5.41) is 10.3. The highest BCUT2D eigenvalue weighted by atomic mass is 19.1. The Morgan fingerprint density at radius 3 is 2.70 bits per heavy atom. The van der Waals surface area contributed by atoms with Crippen LogP contribution < -0.4 is 0 Å². The minimum atomic E-state index is -0.347. The van der Waals surface area contributed by atoms with Gasteiger partial charge in [-0.2, -0.15) is 0 Å². The molecule has 2 aliphatic rings. The quantitative estimate of drug-likeness (QED) is 0.151. The van der Waals surface area contributed by atoms with Gasteiger partial charge in [-0.15, -0.1) is 0 Å². The fraction of sp³-hybridized carbons (Fsp3) is 0.600. The van der Waals surface area contributed by atoms with Gasteiger partial charge in [-0.25, -0.2) is 4.39 Å². The number of hydrogen-bond donors (Lipinski definition) is 1. The summed E-state index contributed by atoms with van der Waals surface area (Å²) < 4.78 is 18.7. The number of allylic oxidation sites excluding steroid dienone is 3. The Bertz CT molecular complexity index is 1030. The van der Waals surface area contributed by atoms with Crippen molar-refractivity contribution < 1.29 is 14.2 Å². The number of aliphatic hydroxyl groups excluding tert-OH is 1. The lowest BCUT2D eigenvalue weighted by Crippen LogP contribution is -2.37. The van der Waals surface area contributed by atoms with E-state index in [9.17, 15) is 9.50 Å². The summed E-state index contributed by atoms with van der Waals surface area (Å²) in [5.74, 6) is 1.47. The first kappa shape index (κ1) is 32.3. The summed E-state index contributed by atoms with van der Waals surface area (Å²) in [6.45, 7) is 16.0. The number of hydrogen-bond acceptors (Lipinski definition) is 4. The van der Waals surface area contributed by atoms with Crippen molar-refractivity contribution in [3.63, 3.8) is 0 Å². The SMILES string of the molecule is C=C(/C=C\C1=C(CC)[C@]2(C=C[C@H](O)CC2C)CCN(CCCN(C)CC(CCC)Cc2ccc(F)cc2)C1)OC. The summed E-state index contributed by atoms with van der Waals surface area (Å²) in [5.41, 5.74) is 4.06. The molecule has 1 heterocycles. The molecule has 0 aromatic heterocycles. The van der Waals surface area contributed by atoms with Crippen LogP contribution in [0.1, 0.15) is 64.9 Å². The van der Waals surface area contributed by atoms with Crippen molar-refractivity contribution in [2.45, 2.75) is 71.8 Å². The number of halogens is 1. The molecule has 1 aromatic rings. The van der Waals surface area contributed by atoms with Gasteiger partial charge in [0.2, 0.25) is 0 Å². The Morgan fingerprint density at radius 2 is 2.05 bits per heavy atom. The van der Waals surface area contributed by atoms with Gasteiger partial charge in [0.25, 0.3) is 0 Å². The topological polar surface area (TPSA) is 35.9 Å². The van der Waals surface area contributed by atoms with Crippen molar-refractivity contribution in [3.05, 3.63) is 83.4 Å². The molecule has 1 aliphatic heterocycles. The molecule has 0 bridgehead atoms. The smallest absolute Gasteiger partial charge is 0.123 e. The van der Waals surface area contributed by atoms with Crippen molar-refractivity contribution in [3.8, 4) is 0 Å². The number of nitrogens with zero attached hydrogens (tertiary/aromatic N) is 2. The standard InChI is InChI=1S/C35H53FN2O2/c1-7-10-30(24-29-12-15-32(36)16-13-29)25-37(5)20-9-21-38-22-19-35(18-17-33(39)23-27(35)3)34(8-2)31(26-38)14-11-28(4)40-6/h11-18,27,30,33,39H,4,7-10,19-26H2,1-3,5-6H3/b14-11-/t27?,30?,33-,35+/m0/s1. The van der Waals surface area contributed by atoms with Crippen LogP contribution in [0.4, 0.5) is 4.39 Å². The first-order chi connectivity index (χ1) is 19.2. The molecule has 1 N–H and O–H groups in total. The Balaban J connectivity index is 1.66. The van der Waals surface area contributed by atoms with Crippen molar-refractivity contribution in [1.82, 2.24) is 9.80 Å². The van der Waals surface area contributed by atoms with E-state index < -0.39 is 0 Å². The molecule has 1 aliphatic carbocycles. The van der Waals surface area contributed by atoms with E-state index in [1.165, 1.54) is 23.1 Å². The maximum absolute atomic E-state index is 13.4. The molecule has 1 spiro atoms. The minimum absolute atomic E-state index is 0.0126. The maximum atomic E-state index is 13.4. The highest BCUT2D eigenvalue weighted by Crippen LogP contribution is 2.49. The molecular formula is C35H53FN2O2. The third kappa shape index (κ3) is 8.89. The van der Waals surface area contributed by atoms with Crippen LogP contribution in [0.2, 0.25) is 0 Å². The van der Waals surface area contributed by atoms with Crippen LogP contribution in [0.3, 0.4) is 0 Å². The van der Waals surface area contributed by atoms with Crippen LogP contribution in [0, 0.1) is 23.1 Å². The third-order valence-electron chi connectivity index (χ3n) is 9.08. The van der Waals surface area contributed by atoms with Crippen molar-refractivity contribution in [2.24, 2.45) is 17.3 Å². The molecule has 3 rings (SSSR count). The average Bonchev–Trinajstić information content (AvgIpc) is 3.08. The molecule has 1 aromatic carbocycles. The lowest BCUT2D eigenvalue weighted by molar-refractivity contribution is 0.125. The number of aliphatic hydroxyl groups is 1. The van der Waals surface area contributed by atoms with Gasteiger partial charge in [-0.1, -0.05) is 69.7 Å². The molecule has 0 saturated heterocycles. The van der Waals surface area contributed by atoms with Crippen molar-refractivity contribution in [1.29, 1.82) is 0 Å². The zero-order chi connectivity index (χ0) is 29.1. The highest BCUT2D eigenvalue weighted by Gasteiger charge is 2.42. The Labute approximate surface area is 243 Å². The molecule has 5 heteroatoms. The van der Waals surface area contributed by atoms with Gasteiger partial charge < -0.3 is 14.7 Å². The molecular weight excluding hydrogens is 499 g/mol. The predicted octanol–water partition coefficient (Wildman–Crippen LogP) is 7.18. The Hall–Kier alpha value is -2.21. The normalized spacial score (nSPS) is 24.7. The number of rotatable bonds is 14. The van der Waals surface area contributed by atoms with Crippen LogP contribution in [0.5, 0.6) is 0 Å². The van der Waals surface area contributed by atoms with E-state index in [0.717, 1.165) is 71.2 Å². The van der Waals surface area contributed by atoms with E-state index in [-0.39, 0.29) is 17.3 Å². The largest absolute Gasteiger partial charge is 0.497 e. The highest BCUT2D eigenvalue weighted by molar-refractivity contribution is 5.39. The lowest BCUT2D eigenvalue weighted by atomic mass is 9.62. The molecule has 2 unspecified atom stereocenters. The summed E-state index contributed by atoms with van der Waals surface area (Å²) >= 11 is 0. The van der Waals surface area contributed by atoms with Gasteiger partial charge in [0, 0.05) is 18.5 Å². The van der Waals surface area contributed by atoms with Gasteiger partial charge in [-0.3, -0.25) is 4.90 Å². The molecule has 4 atom stereocenters. The second-order valence-corrected chi connectivity index (χ2v) is 12.1. The number of methoxy groups -OCH3 is 1.